The second-order valence-corrected chi connectivity index (χ2v) is 10.7. The highest BCUT2D eigenvalue weighted by molar-refractivity contribution is 7.99. The molecule has 1 aromatic heterocycles. The van der Waals surface area contributed by atoms with Crippen LogP contribution in [0.15, 0.2) is 42.7 Å². The van der Waals surface area contributed by atoms with Crippen LogP contribution in [0.4, 0.5) is 13.2 Å². The Bertz CT molecular complexity index is 1080. The Balaban J connectivity index is 0.000000173. The summed E-state index contributed by atoms with van der Waals surface area (Å²) < 4.78 is 43.3. The van der Waals surface area contributed by atoms with Gasteiger partial charge in [-0.1, -0.05) is 12.1 Å². The topological polar surface area (TPSA) is 88.8 Å². The van der Waals surface area contributed by atoms with Gasteiger partial charge in [-0.3, -0.25) is 19.5 Å². The monoisotopic (exact) mass is 536 g/mol. The molecular formula is C26H31F3N4O3S. The molecule has 4 heterocycles. The van der Waals surface area contributed by atoms with Gasteiger partial charge in [0.25, 0.3) is 5.91 Å². The fraction of sp³-hybridized carbons (Fsp3) is 0.500. The van der Waals surface area contributed by atoms with Crippen LogP contribution in [0.2, 0.25) is 0 Å². The molecule has 1 aromatic carbocycles. The number of likely N-dealkylation sites (tertiary alicyclic amines) is 1. The van der Waals surface area contributed by atoms with Crippen molar-refractivity contribution in [2.24, 2.45) is 5.73 Å². The minimum Gasteiger partial charge on any atom is -0.380 e. The van der Waals surface area contributed by atoms with Gasteiger partial charge >= 0.3 is 6.18 Å². The highest BCUT2D eigenvalue weighted by Gasteiger charge is 2.34. The molecule has 2 fully saturated rings. The average Bonchev–Trinajstić information content (AvgIpc) is 3.57. The van der Waals surface area contributed by atoms with Crippen molar-refractivity contribution in [2.75, 3.05) is 39.4 Å². The highest BCUT2D eigenvalue weighted by atomic mass is 32.2. The summed E-state index contributed by atoms with van der Waals surface area (Å²) in [6.07, 6.45) is 2.27. The fourth-order valence-corrected chi connectivity index (χ4v) is 5.93. The molecule has 2 N–H and O–H groups in total. The van der Waals surface area contributed by atoms with Gasteiger partial charge in [-0.25, -0.2) is 0 Å². The Morgan fingerprint density at radius 2 is 2.05 bits per heavy atom. The van der Waals surface area contributed by atoms with E-state index in [9.17, 15) is 22.8 Å². The van der Waals surface area contributed by atoms with E-state index in [4.69, 9.17) is 10.5 Å². The Kier molecular flexibility index (Phi) is 9.09. The zero-order valence-corrected chi connectivity index (χ0v) is 21.3. The van der Waals surface area contributed by atoms with Gasteiger partial charge in [0.05, 0.1) is 18.7 Å². The molecule has 0 aliphatic carbocycles. The van der Waals surface area contributed by atoms with Crippen molar-refractivity contribution < 1.29 is 27.5 Å². The van der Waals surface area contributed by atoms with Crippen LogP contribution in [0.1, 0.15) is 39.9 Å². The van der Waals surface area contributed by atoms with E-state index >= 15 is 0 Å². The van der Waals surface area contributed by atoms with Crippen LogP contribution in [0.3, 0.4) is 0 Å². The smallest absolute Gasteiger partial charge is 0.380 e. The first-order valence-electron chi connectivity index (χ1n) is 12.3. The lowest BCUT2D eigenvalue weighted by Crippen LogP contribution is -2.42. The van der Waals surface area contributed by atoms with E-state index in [1.165, 1.54) is 37.6 Å². The number of alkyl halides is 3. The first-order chi connectivity index (χ1) is 17.7. The number of hydrogen-bond donors (Lipinski definition) is 1. The number of benzene rings is 1. The third-order valence-electron chi connectivity index (χ3n) is 6.76. The standard InChI is InChI=1S/C14H20N2OS.C12H11F3N2O2/c1-2-12(8-15-5-1)11-18-14-3-6-16(9-14)13-4-7-17-10-13;13-12(14,15)8-2-1-7-3-4-17(6-10(16)18)11(19)9(7)5-8/h1-2,5,8,13-14H,3-4,6-7,9-11H2;1-2,5H,3-4,6H2,(H2,16,18). The van der Waals surface area contributed by atoms with Crippen LogP contribution < -0.4 is 5.73 Å². The number of nitrogens with two attached hydrogens (primary N) is 1. The third kappa shape index (κ3) is 7.45. The van der Waals surface area contributed by atoms with Crippen LogP contribution in [-0.2, 0) is 27.9 Å². The molecule has 3 aliphatic heterocycles. The predicted molar refractivity (Wildman–Crippen MR) is 135 cm³/mol. The van der Waals surface area contributed by atoms with Gasteiger partial charge in [0.2, 0.25) is 5.91 Å². The number of pyridine rings is 1. The first kappa shape index (κ1) is 27.4. The van der Waals surface area contributed by atoms with Gasteiger partial charge in [-0.2, -0.15) is 24.9 Å². The molecule has 37 heavy (non-hydrogen) atoms. The number of carbonyl (C=O) groups excluding carboxylic acids is 2. The molecule has 7 nitrogen and oxygen atoms in total. The van der Waals surface area contributed by atoms with E-state index in [1.807, 2.05) is 18.5 Å². The molecule has 2 amide bonds. The molecule has 3 aliphatic rings. The Hall–Kier alpha value is -2.63. The first-order valence-corrected chi connectivity index (χ1v) is 13.4. The maximum Gasteiger partial charge on any atom is 0.416 e. The van der Waals surface area contributed by atoms with Crippen molar-refractivity contribution in [1.29, 1.82) is 0 Å². The second kappa shape index (κ2) is 12.3. The molecule has 200 valence electrons. The van der Waals surface area contributed by atoms with E-state index in [1.54, 1.807) is 0 Å². The quantitative estimate of drug-likeness (QED) is 0.609. The lowest BCUT2D eigenvalue weighted by molar-refractivity contribution is -0.137. The Morgan fingerprint density at radius 3 is 2.73 bits per heavy atom. The largest absolute Gasteiger partial charge is 0.416 e. The van der Waals surface area contributed by atoms with Crippen molar-refractivity contribution in [2.45, 2.75) is 42.5 Å². The summed E-state index contributed by atoms with van der Waals surface area (Å²) in [5.41, 5.74) is 6.00. The molecule has 0 spiro atoms. The molecule has 5 rings (SSSR count). The Morgan fingerprint density at radius 1 is 1.22 bits per heavy atom. The highest BCUT2D eigenvalue weighted by Crippen LogP contribution is 2.32. The number of rotatable bonds is 6. The van der Waals surface area contributed by atoms with Crippen LogP contribution in [-0.4, -0.2) is 77.3 Å². The molecule has 2 aromatic rings. The summed E-state index contributed by atoms with van der Waals surface area (Å²) in [7, 11) is 0. The number of carbonyl (C=O) groups is 2. The number of hydrogen-bond acceptors (Lipinski definition) is 6. The van der Waals surface area contributed by atoms with E-state index in [2.05, 4.69) is 27.7 Å². The number of ether oxygens (including phenoxy) is 1. The van der Waals surface area contributed by atoms with Crippen molar-refractivity contribution in [3.05, 3.63) is 65.0 Å². The minimum atomic E-state index is -4.50. The number of fused-ring (bicyclic) bond motifs is 1. The number of thioether (sulfide) groups is 1. The van der Waals surface area contributed by atoms with Gasteiger partial charge in [-0.05, 0) is 55.1 Å². The van der Waals surface area contributed by atoms with Crippen molar-refractivity contribution >= 4 is 23.6 Å². The van der Waals surface area contributed by atoms with Crippen molar-refractivity contribution in [1.82, 2.24) is 14.8 Å². The fourth-order valence-electron chi connectivity index (χ4n) is 4.77. The molecule has 2 saturated heterocycles. The van der Waals surface area contributed by atoms with E-state index in [-0.39, 0.29) is 18.7 Å². The van der Waals surface area contributed by atoms with E-state index < -0.39 is 23.6 Å². The van der Waals surface area contributed by atoms with Gasteiger partial charge < -0.3 is 15.4 Å². The van der Waals surface area contributed by atoms with Crippen LogP contribution in [0.5, 0.6) is 0 Å². The zero-order valence-electron chi connectivity index (χ0n) is 20.5. The van der Waals surface area contributed by atoms with Crippen LogP contribution in [0.25, 0.3) is 0 Å². The number of aromatic nitrogens is 1. The van der Waals surface area contributed by atoms with Gasteiger partial charge in [0, 0.05) is 54.7 Å². The van der Waals surface area contributed by atoms with Gasteiger partial charge in [0.1, 0.15) is 0 Å². The third-order valence-corrected chi connectivity index (χ3v) is 8.12. The summed E-state index contributed by atoms with van der Waals surface area (Å²) in [6.45, 7) is 4.38. The molecule has 0 saturated carbocycles. The number of amides is 2. The molecule has 2 unspecified atom stereocenters. The number of primary amides is 1. The summed E-state index contributed by atoms with van der Waals surface area (Å²) in [5, 5.41) is 0.783. The second-order valence-electron chi connectivity index (χ2n) is 9.41. The Labute approximate surface area is 218 Å². The SMILES string of the molecule is NC(=O)CN1CCc2ccc(C(F)(F)F)cc2C1=O.c1cncc(CSC2CCN(C3CCOC3)C2)c1. The van der Waals surface area contributed by atoms with Gasteiger partial charge in [0.15, 0.2) is 0 Å². The van der Waals surface area contributed by atoms with Crippen LogP contribution in [0, 0.1) is 0 Å². The lowest BCUT2D eigenvalue weighted by atomic mass is 9.96. The maximum absolute atomic E-state index is 12.6. The van der Waals surface area contributed by atoms with E-state index in [0.717, 1.165) is 41.2 Å². The molecule has 11 heteroatoms. The van der Waals surface area contributed by atoms with Crippen molar-refractivity contribution in [3.63, 3.8) is 0 Å². The zero-order chi connectivity index (χ0) is 26.4. The number of nitrogens with zero attached hydrogens (tertiary/aromatic N) is 3. The average molecular weight is 537 g/mol. The number of halogens is 3. The summed E-state index contributed by atoms with van der Waals surface area (Å²) in [4.78, 5) is 30.7. The molecule has 0 radical (unpaired) electrons. The molecular weight excluding hydrogens is 505 g/mol. The van der Waals surface area contributed by atoms with Crippen LogP contribution >= 0.6 is 11.8 Å². The summed E-state index contributed by atoms with van der Waals surface area (Å²) in [5.74, 6) is -0.192. The minimum absolute atomic E-state index is 0.0117. The molecule has 0 bridgehead atoms. The van der Waals surface area contributed by atoms with E-state index in [0.29, 0.717) is 18.0 Å². The summed E-state index contributed by atoms with van der Waals surface area (Å²) >= 11 is 2.08. The van der Waals surface area contributed by atoms with Gasteiger partial charge in [-0.15, -0.1) is 0 Å². The maximum atomic E-state index is 12.6. The molecule has 2 atom stereocenters. The summed E-state index contributed by atoms with van der Waals surface area (Å²) in [6, 6.07) is 7.96. The lowest BCUT2D eigenvalue weighted by Gasteiger charge is -2.28. The normalized spacial score (nSPS) is 21.9. The predicted octanol–water partition coefficient (Wildman–Crippen LogP) is 3.37. The van der Waals surface area contributed by atoms with Crippen molar-refractivity contribution in [3.8, 4) is 0 Å².